The number of amides is 1. The van der Waals surface area contributed by atoms with Gasteiger partial charge in [0.05, 0.1) is 71.2 Å². The zero-order valence-corrected chi connectivity index (χ0v) is 47.2. The van der Waals surface area contributed by atoms with Crippen LogP contribution in [0.2, 0.25) is 0 Å². The number of rotatable bonds is 15. The largest absolute Gasteiger partial charge is 0.458 e. The van der Waals surface area contributed by atoms with E-state index in [1.54, 1.807) is 58.4 Å². The van der Waals surface area contributed by atoms with E-state index in [2.05, 4.69) is 9.97 Å². The molecule has 2 aromatic heterocycles. The maximum absolute atomic E-state index is 15.2. The predicted molar refractivity (Wildman–Crippen MR) is 274 cm³/mol. The van der Waals surface area contributed by atoms with Gasteiger partial charge < -0.3 is 67.2 Å². The van der Waals surface area contributed by atoms with Crippen molar-refractivity contribution >= 4 is 17.8 Å². The number of ketones is 1. The zero-order valence-electron chi connectivity index (χ0n) is 47.2. The first-order valence-electron chi connectivity index (χ1n) is 26.7. The predicted octanol–water partition coefficient (Wildman–Crippen LogP) is 6.44. The average Bonchev–Trinajstić information content (AvgIpc) is 3.93. The second-order valence-corrected chi connectivity index (χ2v) is 23.4. The molecule has 0 bridgehead atoms. The summed E-state index contributed by atoms with van der Waals surface area (Å²) in [5.74, 6) is -4.08. The molecule has 19 nitrogen and oxygen atoms in total. The molecule has 418 valence electrons. The highest BCUT2D eigenvalue weighted by molar-refractivity contribution is 5.85. The van der Waals surface area contributed by atoms with E-state index in [0.29, 0.717) is 19.4 Å². The van der Waals surface area contributed by atoms with E-state index in [1.165, 1.54) is 7.11 Å². The van der Waals surface area contributed by atoms with Crippen molar-refractivity contribution in [2.45, 2.75) is 225 Å². The minimum Gasteiger partial charge on any atom is -0.458 e. The molecular formula is C55H89N5O14. The molecule has 6 rings (SSSR count). The van der Waals surface area contributed by atoms with Gasteiger partial charge in [-0.25, -0.2) is 9.78 Å². The molecule has 0 aromatic carbocycles. The number of esters is 1. The number of aromatic nitrogens is 3. The monoisotopic (exact) mass is 1040 g/mol. The van der Waals surface area contributed by atoms with Crippen LogP contribution in [0.15, 0.2) is 37.1 Å². The number of aliphatic hydroxyl groups excluding tert-OH is 2. The number of aryl methyl sites for hydroxylation is 1. The Kier molecular flexibility index (Phi) is 19.3. The standard InChI is InChI=1S/C55H89N5O14/c1-18-39-55(13)46(60(51(65)74-55)25-20-19-24-59-29-38(57-30-59)37-22-21-23-56-28-37)32(3)42(61)31(2)26-54(12,67-17)48(72-50-43(62)41(58(14)15)45(35(6)69-50)73-52(8,9)10)33(4)44(34(5)49(64)70-39)71-40-27-53(11,66-16)47(63)36(7)68-40/h21-23,28-36,39-41,43-48,50,62-63H,18-20,24-27H2,1-17H3/t31-,32+,33+,34-,35-,36+,39-,40+,41-,43-,44+,45-,46-,47+,48-,50+,53-,54-,55-/m1/s1. The molecule has 19 atom stereocenters. The molecule has 4 aliphatic rings. The number of pyridine rings is 1. The highest BCUT2D eigenvalue weighted by Gasteiger charge is 2.61. The Morgan fingerprint density at radius 1 is 0.878 bits per heavy atom. The lowest BCUT2D eigenvalue weighted by Gasteiger charge is -2.51. The molecule has 4 aliphatic heterocycles. The van der Waals surface area contributed by atoms with Crippen molar-refractivity contribution in [2.75, 3.05) is 34.9 Å². The van der Waals surface area contributed by atoms with Gasteiger partial charge in [-0.05, 0) is 114 Å². The van der Waals surface area contributed by atoms with E-state index in [9.17, 15) is 15.0 Å². The molecule has 2 aromatic rings. The van der Waals surface area contributed by atoms with Gasteiger partial charge in [0.1, 0.15) is 30.2 Å². The molecule has 1 amide bonds. The van der Waals surface area contributed by atoms with Crippen LogP contribution >= 0.6 is 0 Å². The third-order valence-corrected chi connectivity index (χ3v) is 16.4. The number of fused-ring (bicyclic) bond motifs is 1. The third-order valence-electron chi connectivity index (χ3n) is 16.4. The number of imidazole rings is 1. The van der Waals surface area contributed by atoms with Crippen LogP contribution in [0.4, 0.5) is 4.79 Å². The van der Waals surface area contributed by atoms with E-state index >= 15 is 9.59 Å². The number of hydrogen-bond donors (Lipinski definition) is 2. The lowest BCUT2D eigenvalue weighted by Crippen LogP contribution is -2.66. The number of carbonyl (C=O) groups excluding carboxylic acids is 3. The van der Waals surface area contributed by atoms with Crippen LogP contribution in [-0.4, -0.2) is 183 Å². The van der Waals surface area contributed by atoms with E-state index in [4.69, 9.17) is 42.6 Å². The maximum Gasteiger partial charge on any atom is 0.410 e. The SMILES string of the molecule is CC[C@H]1OC(=O)[C@H](C)[C@@H](O[C@H]2C[C@@](C)(OC)[C@@H](O)[C@H](C)O2)[C@H](C)[C@@H](O[C@@H]2O[C@H](C)[C@@H](OC(C)(C)C)[C@H](N(C)C)[C@H]2O)[C@](C)(OC)C[C@@H](C)C(=O)[C@H](C)[C@H]2N(CCCCn3cnc(-c4cccnc4)c3)C(=O)O[C@]12C. The Morgan fingerprint density at radius 3 is 2.16 bits per heavy atom. The molecular weight excluding hydrogens is 955 g/mol. The first kappa shape index (κ1) is 59.6. The van der Waals surface area contributed by atoms with Gasteiger partial charge in [0.25, 0.3) is 0 Å². The van der Waals surface area contributed by atoms with E-state index in [-0.39, 0.29) is 31.6 Å². The molecule has 0 saturated carbocycles. The number of nitrogens with zero attached hydrogens (tertiary/aromatic N) is 5. The minimum atomic E-state index is -1.44. The molecule has 0 spiro atoms. The molecule has 0 radical (unpaired) electrons. The lowest BCUT2D eigenvalue weighted by atomic mass is 9.73. The molecule has 6 heterocycles. The summed E-state index contributed by atoms with van der Waals surface area (Å²) in [5.41, 5.74) is -2.67. The van der Waals surface area contributed by atoms with E-state index in [1.807, 2.05) is 104 Å². The second kappa shape index (κ2) is 23.9. The van der Waals surface area contributed by atoms with E-state index < -0.39 is 132 Å². The first-order valence-corrected chi connectivity index (χ1v) is 26.7. The summed E-state index contributed by atoms with van der Waals surface area (Å²) in [5, 5.41) is 23.5. The number of likely N-dealkylation sites (N-methyl/N-ethyl adjacent to an activating group) is 1. The Hall–Kier alpha value is -3.63. The molecule has 0 unspecified atom stereocenters. The summed E-state index contributed by atoms with van der Waals surface area (Å²) in [4.78, 5) is 56.9. The second-order valence-electron chi connectivity index (χ2n) is 23.4. The number of aliphatic hydroxyl groups is 2. The van der Waals surface area contributed by atoms with Crippen molar-refractivity contribution in [3.63, 3.8) is 0 Å². The van der Waals surface area contributed by atoms with Crippen LogP contribution in [0, 0.1) is 23.7 Å². The van der Waals surface area contributed by atoms with Crippen LogP contribution in [0.5, 0.6) is 0 Å². The van der Waals surface area contributed by atoms with Crippen molar-refractivity contribution in [1.29, 1.82) is 0 Å². The van der Waals surface area contributed by atoms with Crippen LogP contribution < -0.4 is 0 Å². The lowest BCUT2D eigenvalue weighted by molar-refractivity contribution is -0.335. The number of Topliss-reactive ketones (excluding diaryl/α,β-unsaturated/α-hetero) is 1. The van der Waals surface area contributed by atoms with Crippen molar-refractivity contribution in [1.82, 2.24) is 24.3 Å². The Bertz CT molecular complexity index is 2180. The van der Waals surface area contributed by atoms with Crippen molar-refractivity contribution in [3.8, 4) is 11.3 Å². The quantitative estimate of drug-likeness (QED) is 0.145. The number of hydrogen-bond acceptors (Lipinski definition) is 17. The van der Waals surface area contributed by atoms with Gasteiger partial charge in [0.15, 0.2) is 18.2 Å². The van der Waals surface area contributed by atoms with Crippen molar-refractivity contribution in [2.24, 2.45) is 23.7 Å². The van der Waals surface area contributed by atoms with Crippen molar-refractivity contribution < 1.29 is 67.2 Å². The topological polar surface area (TPSA) is 212 Å². The number of unbranched alkanes of at least 4 members (excludes halogenated alkanes) is 1. The Balaban J connectivity index is 1.38. The van der Waals surface area contributed by atoms with Gasteiger partial charge >= 0.3 is 12.1 Å². The van der Waals surface area contributed by atoms with Crippen LogP contribution in [0.3, 0.4) is 0 Å². The first-order chi connectivity index (χ1) is 34.6. The Morgan fingerprint density at radius 2 is 1.55 bits per heavy atom. The van der Waals surface area contributed by atoms with Crippen LogP contribution in [0.1, 0.15) is 122 Å². The number of methoxy groups -OCH3 is 2. The summed E-state index contributed by atoms with van der Waals surface area (Å²) in [6.07, 6.45) is -0.928. The fraction of sp³-hybridized carbons (Fsp3) is 0.800. The summed E-state index contributed by atoms with van der Waals surface area (Å²) >= 11 is 0. The fourth-order valence-corrected chi connectivity index (χ4v) is 12.2. The highest BCUT2D eigenvalue weighted by Crippen LogP contribution is 2.45. The summed E-state index contributed by atoms with van der Waals surface area (Å²) in [7, 11) is 6.80. The fourth-order valence-electron chi connectivity index (χ4n) is 12.2. The number of ether oxygens (including phenoxy) is 9. The maximum atomic E-state index is 15.2. The summed E-state index contributed by atoms with van der Waals surface area (Å²) < 4.78 is 60.8. The minimum absolute atomic E-state index is 0.107. The summed E-state index contributed by atoms with van der Waals surface area (Å²) in [6, 6.07) is 2.42. The molecule has 74 heavy (non-hydrogen) atoms. The molecule has 19 heteroatoms. The van der Waals surface area contributed by atoms with Gasteiger partial charge in [-0.3, -0.25) is 14.6 Å². The van der Waals surface area contributed by atoms with Gasteiger partial charge in [0.2, 0.25) is 0 Å². The molecule has 2 N–H and O–H groups in total. The molecule has 0 aliphatic carbocycles. The van der Waals surface area contributed by atoms with Crippen LogP contribution in [-0.2, 0) is 58.8 Å². The Labute approximate surface area is 439 Å². The number of carbonyl (C=O) groups is 3. The van der Waals surface area contributed by atoms with Gasteiger partial charge in [-0.2, -0.15) is 0 Å². The van der Waals surface area contributed by atoms with Gasteiger partial charge in [0, 0.05) is 75.6 Å². The smallest absolute Gasteiger partial charge is 0.410 e. The van der Waals surface area contributed by atoms with E-state index in [0.717, 1.165) is 11.3 Å². The van der Waals surface area contributed by atoms with Crippen molar-refractivity contribution in [3.05, 3.63) is 37.1 Å². The normalized spacial score (nSPS) is 39.9. The average molecular weight is 1040 g/mol. The third kappa shape index (κ3) is 12.7. The molecule has 4 fully saturated rings. The molecule has 4 saturated heterocycles. The van der Waals surface area contributed by atoms with Crippen LogP contribution in [0.25, 0.3) is 11.3 Å². The zero-order chi connectivity index (χ0) is 54.8. The summed E-state index contributed by atoms with van der Waals surface area (Å²) in [6.45, 7) is 24.9. The van der Waals surface area contributed by atoms with Gasteiger partial charge in [-0.1, -0.05) is 27.7 Å². The highest BCUT2D eigenvalue weighted by atomic mass is 16.7. The number of cyclic esters (lactones) is 1. The van der Waals surface area contributed by atoms with Gasteiger partial charge in [-0.15, -0.1) is 0 Å².